The number of rotatable bonds is 12. The molecule has 2 aromatic rings. The van der Waals surface area contributed by atoms with Crippen molar-refractivity contribution >= 4 is 41.3 Å². The summed E-state index contributed by atoms with van der Waals surface area (Å²) in [6.07, 6.45) is -1.57. The molecule has 3 amide bonds. The van der Waals surface area contributed by atoms with Crippen LogP contribution in [-0.2, 0) is 32.1 Å². The number of carbonyl (C=O) groups excluding carboxylic acids is 3. The zero-order valence-corrected chi connectivity index (χ0v) is 26.6. The number of carboxylic acid groups (broad SMARTS) is 1. The molecule has 1 heterocycles. The van der Waals surface area contributed by atoms with Crippen LogP contribution in [0.3, 0.4) is 0 Å². The Morgan fingerprint density at radius 2 is 1.69 bits per heavy atom. The Morgan fingerprint density at radius 1 is 1.04 bits per heavy atom. The van der Waals surface area contributed by atoms with Crippen LogP contribution < -0.4 is 16.0 Å². The van der Waals surface area contributed by atoms with E-state index in [1.54, 1.807) is 58.9 Å². The number of benzene rings is 2. The van der Waals surface area contributed by atoms with E-state index in [-0.39, 0.29) is 37.4 Å². The fourth-order valence-electron chi connectivity index (χ4n) is 4.59. The molecule has 0 aliphatic carbocycles. The highest BCUT2D eigenvalue weighted by atomic mass is 32.2. The van der Waals surface area contributed by atoms with Gasteiger partial charge in [-0.05, 0) is 62.4 Å². The highest BCUT2D eigenvalue weighted by Crippen LogP contribution is 2.26. The second-order valence-corrected chi connectivity index (χ2v) is 13.2. The molecule has 1 aliphatic rings. The number of carbonyl (C=O) groups is 4. The number of nitrogens with one attached hydrogen (secondary N) is 3. The van der Waals surface area contributed by atoms with E-state index in [4.69, 9.17) is 4.74 Å². The lowest BCUT2D eigenvalue weighted by Crippen LogP contribution is -2.48. The van der Waals surface area contributed by atoms with Crippen LogP contribution in [-0.4, -0.2) is 69.2 Å². The average Bonchev–Trinajstić information content (AvgIpc) is 3.43. The van der Waals surface area contributed by atoms with Gasteiger partial charge in [-0.25, -0.2) is 22.8 Å². The van der Waals surface area contributed by atoms with Gasteiger partial charge in [-0.15, -0.1) is 11.8 Å². The molecular weight excluding hydrogens is 613 g/mol. The molecule has 0 aromatic heterocycles. The van der Waals surface area contributed by atoms with Gasteiger partial charge in [0.05, 0.1) is 0 Å². The lowest BCUT2D eigenvalue weighted by molar-refractivity contribution is -0.139. The number of ether oxygens (including phenoxy) is 1. The predicted molar refractivity (Wildman–Crippen MR) is 164 cm³/mol. The number of alkyl carbamates (subject to hydrolysis) is 1. The van der Waals surface area contributed by atoms with Crippen LogP contribution in [0, 0.1) is 23.4 Å². The summed E-state index contributed by atoms with van der Waals surface area (Å²) in [5.41, 5.74) is 0.261. The summed E-state index contributed by atoms with van der Waals surface area (Å²) in [5.74, 6) is -5.20. The minimum absolute atomic E-state index is 0.133. The number of thioether (sulfide) groups is 1. The molecule has 0 saturated carbocycles. The SMILES string of the molecule is CC(C)[C@H](Nc1ccc(CNC(=O)[C@@H]2SCCN2C(=O)C[C@@H](Cc2cc(F)c(F)cc2F)NC(=O)OC(C)(C)C)cc1)C(=O)O. The van der Waals surface area contributed by atoms with E-state index in [2.05, 4.69) is 16.0 Å². The van der Waals surface area contributed by atoms with Crippen molar-refractivity contribution in [1.82, 2.24) is 15.5 Å². The molecule has 3 atom stereocenters. The third-order valence-corrected chi connectivity index (χ3v) is 8.01. The van der Waals surface area contributed by atoms with Crippen LogP contribution >= 0.6 is 11.8 Å². The van der Waals surface area contributed by atoms with E-state index in [1.165, 1.54) is 16.7 Å². The summed E-state index contributed by atoms with van der Waals surface area (Å²) in [5, 5.41) is 16.8. The smallest absolute Gasteiger partial charge is 0.407 e. The Kier molecular flexibility index (Phi) is 12.1. The second-order valence-electron chi connectivity index (χ2n) is 12.0. The number of hydrogen-bond acceptors (Lipinski definition) is 7. The largest absolute Gasteiger partial charge is 0.480 e. The van der Waals surface area contributed by atoms with Crippen molar-refractivity contribution in [3.63, 3.8) is 0 Å². The summed E-state index contributed by atoms with van der Waals surface area (Å²) in [6.45, 7) is 8.92. The summed E-state index contributed by atoms with van der Waals surface area (Å²) >= 11 is 1.26. The molecule has 0 unspecified atom stereocenters. The molecule has 10 nitrogen and oxygen atoms in total. The van der Waals surface area contributed by atoms with Gasteiger partial charge in [-0.3, -0.25) is 9.59 Å². The fraction of sp³-hybridized carbons (Fsp3) is 0.484. The van der Waals surface area contributed by atoms with E-state index < -0.39 is 64.4 Å². The molecule has 3 rings (SSSR count). The first-order valence-electron chi connectivity index (χ1n) is 14.4. The summed E-state index contributed by atoms with van der Waals surface area (Å²) in [6, 6.07) is 6.20. The van der Waals surface area contributed by atoms with E-state index in [9.17, 15) is 37.5 Å². The Hall–Kier alpha value is -3.94. The molecule has 2 aromatic carbocycles. The molecule has 246 valence electrons. The number of carboxylic acids is 1. The summed E-state index contributed by atoms with van der Waals surface area (Å²) < 4.78 is 47.1. The molecule has 1 aliphatic heterocycles. The first-order valence-corrected chi connectivity index (χ1v) is 15.5. The van der Waals surface area contributed by atoms with Crippen molar-refractivity contribution in [3.05, 3.63) is 65.0 Å². The Balaban J connectivity index is 1.65. The molecule has 0 radical (unpaired) electrons. The van der Waals surface area contributed by atoms with E-state index in [0.29, 0.717) is 23.6 Å². The van der Waals surface area contributed by atoms with Gasteiger partial charge < -0.3 is 30.7 Å². The fourth-order valence-corrected chi connectivity index (χ4v) is 5.76. The van der Waals surface area contributed by atoms with Crippen molar-refractivity contribution < 1.29 is 42.2 Å². The van der Waals surface area contributed by atoms with Crippen LogP contribution in [0.15, 0.2) is 36.4 Å². The van der Waals surface area contributed by atoms with Gasteiger partial charge in [0.15, 0.2) is 17.0 Å². The van der Waals surface area contributed by atoms with Crippen molar-refractivity contribution in [2.24, 2.45) is 5.92 Å². The number of anilines is 1. The minimum Gasteiger partial charge on any atom is -0.480 e. The standard InChI is InChI=1S/C31H39F3N4O6S/c1-17(2)26(29(41)42)36-20-8-6-18(7-9-20)16-35-27(40)28-38(10-11-45-28)25(39)14-21(37-30(43)44-31(3,4)5)12-19-13-23(33)24(34)15-22(19)32/h6-9,13,15,17,21,26,28,36H,10-12,14,16H2,1-5H3,(H,35,40)(H,37,43)(H,41,42)/t21-,26+,28+/m1/s1. The third kappa shape index (κ3) is 10.6. The van der Waals surface area contributed by atoms with Gasteiger partial charge in [0.1, 0.15) is 17.5 Å². The van der Waals surface area contributed by atoms with Gasteiger partial charge in [-0.2, -0.15) is 0 Å². The number of amides is 3. The number of aliphatic carboxylic acids is 1. The van der Waals surface area contributed by atoms with Gasteiger partial charge in [0.2, 0.25) is 5.91 Å². The molecule has 1 fully saturated rings. The zero-order valence-electron chi connectivity index (χ0n) is 25.8. The Labute approximate surface area is 264 Å². The van der Waals surface area contributed by atoms with Crippen LogP contribution in [0.25, 0.3) is 0 Å². The maximum atomic E-state index is 14.4. The molecule has 0 bridgehead atoms. The number of nitrogens with zero attached hydrogens (tertiary/aromatic N) is 1. The van der Waals surface area contributed by atoms with Crippen LogP contribution in [0.4, 0.5) is 23.7 Å². The van der Waals surface area contributed by atoms with Crippen molar-refractivity contribution in [2.75, 3.05) is 17.6 Å². The zero-order chi connectivity index (χ0) is 33.5. The molecule has 0 spiro atoms. The Morgan fingerprint density at radius 3 is 2.29 bits per heavy atom. The summed E-state index contributed by atoms with van der Waals surface area (Å²) in [4.78, 5) is 51.8. The van der Waals surface area contributed by atoms with Crippen LogP contribution in [0.2, 0.25) is 0 Å². The molecule has 45 heavy (non-hydrogen) atoms. The van der Waals surface area contributed by atoms with E-state index in [1.807, 2.05) is 0 Å². The van der Waals surface area contributed by atoms with Crippen LogP contribution in [0.5, 0.6) is 0 Å². The van der Waals surface area contributed by atoms with Gasteiger partial charge in [-0.1, -0.05) is 26.0 Å². The lowest BCUT2D eigenvalue weighted by atomic mass is 10.0. The highest BCUT2D eigenvalue weighted by Gasteiger charge is 2.36. The van der Waals surface area contributed by atoms with Gasteiger partial charge >= 0.3 is 12.1 Å². The van der Waals surface area contributed by atoms with E-state index >= 15 is 0 Å². The van der Waals surface area contributed by atoms with E-state index in [0.717, 1.165) is 5.56 Å². The van der Waals surface area contributed by atoms with Gasteiger partial charge in [0.25, 0.3) is 5.91 Å². The highest BCUT2D eigenvalue weighted by molar-refractivity contribution is 8.00. The monoisotopic (exact) mass is 652 g/mol. The maximum Gasteiger partial charge on any atom is 0.407 e. The predicted octanol–water partition coefficient (Wildman–Crippen LogP) is 4.67. The maximum absolute atomic E-state index is 14.4. The molecule has 14 heteroatoms. The lowest BCUT2D eigenvalue weighted by Gasteiger charge is -2.27. The third-order valence-electron chi connectivity index (χ3n) is 6.81. The summed E-state index contributed by atoms with van der Waals surface area (Å²) in [7, 11) is 0. The Bertz CT molecular complexity index is 1390. The van der Waals surface area contributed by atoms with Gasteiger partial charge in [0, 0.05) is 43.1 Å². The quantitative estimate of drug-likeness (QED) is 0.243. The topological polar surface area (TPSA) is 137 Å². The minimum atomic E-state index is -1.36. The first-order chi connectivity index (χ1) is 21.0. The number of halogens is 3. The van der Waals surface area contributed by atoms with Crippen LogP contribution in [0.1, 0.15) is 52.2 Å². The normalized spacial score (nSPS) is 16.2. The molecule has 1 saturated heterocycles. The van der Waals surface area contributed by atoms with Crippen molar-refractivity contribution in [3.8, 4) is 0 Å². The molecule has 4 N–H and O–H groups in total. The molecular formula is C31H39F3N4O6S. The van der Waals surface area contributed by atoms with Crippen molar-refractivity contribution in [2.45, 2.75) is 77.1 Å². The van der Waals surface area contributed by atoms with Crippen molar-refractivity contribution in [1.29, 1.82) is 0 Å². The first kappa shape index (κ1) is 35.5. The number of hydrogen-bond donors (Lipinski definition) is 4. The average molecular weight is 653 g/mol. The second kappa shape index (κ2) is 15.4.